The van der Waals surface area contributed by atoms with Crippen molar-refractivity contribution in [3.8, 4) is 0 Å². The van der Waals surface area contributed by atoms with Crippen LogP contribution in [-0.4, -0.2) is 4.98 Å². The van der Waals surface area contributed by atoms with Crippen LogP contribution in [0.5, 0.6) is 0 Å². The summed E-state index contributed by atoms with van der Waals surface area (Å²) < 4.78 is 2.15. The molecule has 0 radical (unpaired) electrons. The van der Waals surface area contributed by atoms with Gasteiger partial charge in [-0.3, -0.25) is 0 Å². The molecule has 1 N–H and O–H groups in total. The van der Waals surface area contributed by atoms with Gasteiger partial charge in [0.05, 0.1) is 6.20 Å². The summed E-state index contributed by atoms with van der Waals surface area (Å²) in [5.74, 6) is 1.19. The first-order valence-corrected chi connectivity index (χ1v) is 13.1. The Kier molecular flexibility index (Phi) is 18.1. The van der Waals surface area contributed by atoms with Crippen LogP contribution in [-0.2, 0) is 0 Å². The molecule has 0 atom stereocenters. The molecule has 1 rings (SSSR count). The zero-order valence-corrected chi connectivity index (χ0v) is 19.9. The molecular weight excluding hydrogens is 352 g/mol. The molecule has 0 amide bonds. The van der Waals surface area contributed by atoms with Crippen molar-refractivity contribution in [3.63, 3.8) is 0 Å². The van der Waals surface area contributed by atoms with Crippen molar-refractivity contribution >= 4 is 6.20 Å². The van der Waals surface area contributed by atoms with Gasteiger partial charge in [0.15, 0.2) is 0 Å². The van der Waals surface area contributed by atoms with E-state index < -0.39 is 0 Å². The Hall–Kier alpha value is -1.05. The van der Waals surface area contributed by atoms with Gasteiger partial charge >= 0.3 is 0 Å². The minimum Gasteiger partial charge on any atom is -0.247 e. The summed E-state index contributed by atoms with van der Waals surface area (Å²) in [6, 6.07) is 0. The van der Waals surface area contributed by atoms with E-state index in [1.807, 2.05) is 6.20 Å². The number of hydrogen-bond donors (Lipinski definition) is 1. The van der Waals surface area contributed by atoms with E-state index in [1.54, 1.807) is 0 Å². The summed E-state index contributed by atoms with van der Waals surface area (Å²) in [7, 11) is 0. The molecule has 1 heterocycles. The fourth-order valence-corrected chi connectivity index (χ4v) is 4.11. The van der Waals surface area contributed by atoms with Crippen LogP contribution in [0.25, 0.3) is 6.20 Å². The van der Waals surface area contributed by atoms with Gasteiger partial charge in [0, 0.05) is 6.92 Å². The SMILES string of the molecule is CCCCCCCCCCCCCCCCCCCCCC=C[n+]1cc[nH]c1C. The largest absolute Gasteiger partial charge is 0.255 e. The number of nitrogens with one attached hydrogen (secondary N) is 1. The molecule has 0 aliphatic heterocycles. The maximum atomic E-state index is 3.19. The van der Waals surface area contributed by atoms with Gasteiger partial charge in [-0.15, -0.1) is 0 Å². The molecule has 0 unspecified atom stereocenters. The van der Waals surface area contributed by atoms with E-state index in [9.17, 15) is 0 Å². The molecule has 1 aromatic rings. The first-order valence-electron chi connectivity index (χ1n) is 13.1. The third-order valence-corrected chi connectivity index (χ3v) is 6.16. The summed E-state index contributed by atoms with van der Waals surface area (Å²) in [6.45, 7) is 4.40. The van der Waals surface area contributed by atoms with Gasteiger partial charge in [0.1, 0.15) is 12.4 Å². The summed E-state index contributed by atoms with van der Waals surface area (Å²) in [4.78, 5) is 3.19. The van der Waals surface area contributed by atoms with E-state index in [2.05, 4.69) is 41.9 Å². The van der Waals surface area contributed by atoms with E-state index in [0.29, 0.717) is 0 Å². The minimum absolute atomic E-state index is 1.19. The number of nitrogens with zero attached hydrogens (tertiary/aromatic N) is 1. The molecule has 0 aliphatic rings. The lowest BCUT2D eigenvalue weighted by Gasteiger charge is -2.03. The summed E-state index contributed by atoms with van der Waals surface area (Å²) >= 11 is 0. The zero-order valence-electron chi connectivity index (χ0n) is 19.9. The maximum absolute atomic E-state index is 3.19. The smallest absolute Gasteiger partial charge is 0.247 e. The Bertz CT molecular complexity index is 475. The van der Waals surface area contributed by atoms with Gasteiger partial charge in [0.25, 0.3) is 5.82 Å². The van der Waals surface area contributed by atoms with Gasteiger partial charge < -0.3 is 0 Å². The van der Waals surface area contributed by atoms with Crippen molar-refractivity contribution in [1.29, 1.82) is 0 Å². The molecule has 0 bridgehead atoms. The highest BCUT2D eigenvalue weighted by Gasteiger charge is 1.98. The van der Waals surface area contributed by atoms with Crippen molar-refractivity contribution in [2.24, 2.45) is 0 Å². The van der Waals surface area contributed by atoms with E-state index in [-0.39, 0.29) is 0 Å². The predicted molar refractivity (Wildman–Crippen MR) is 129 cm³/mol. The van der Waals surface area contributed by atoms with Gasteiger partial charge in [0.2, 0.25) is 0 Å². The van der Waals surface area contributed by atoms with Gasteiger partial charge in [-0.2, -0.15) is 0 Å². The fraction of sp³-hybridized carbons (Fsp3) is 0.815. The van der Waals surface area contributed by atoms with Crippen LogP contribution in [0, 0.1) is 6.92 Å². The van der Waals surface area contributed by atoms with Crippen molar-refractivity contribution in [3.05, 3.63) is 24.3 Å². The highest BCUT2D eigenvalue weighted by atomic mass is 15.0. The normalized spacial score (nSPS) is 11.7. The molecule has 2 nitrogen and oxygen atoms in total. The topological polar surface area (TPSA) is 19.7 Å². The quantitative estimate of drug-likeness (QED) is 0.156. The van der Waals surface area contributed by atoms with Crippen LogP contribution in [0.2, 0.25) is 0 Å². The second kappa shape index (κ2) is 20.2. The number of unbranched alkanes of at least 4 members (excludes halogenated alkanes) is 19. The second-order valence-electron chi connectivity index (χ2n) is 8.99. The predicted octanol–water partition coefficient (Wildman–Crippen LogP) is 8.90. The summed E-state index contributed by atoms with van der Waals surface area (Å²) in [5.41, 5.74) is 0. The molecule has 0 spiro atoms. The van der Waals surface area contributed by atoms with E-state index in [1.165, 1.54) is 134 Å². The lowest BCUT2D eigenvalue weighted by atomic mass is 10.0. The molecule has 0 aromatic carbocycles. The number of rotatable bonds is 21. The molecule has 168 valence electrons. The maximum Gasteiger partial charge on any atom is 0.255 e. The average Bonchev–Trinajstić information content (AvgIpc) is 3.14. The van der Waals surface area contributed by atoms with Crippen molar-refractivity contribution in [1.82, 2.24) is 4.98 Å². The Morgan fingerprint density at radius 3 is 1.45 bits per heavy atom. The molecule has 0 aliphatic carbocycles. The number of aryl methyl sites for hydroxylation is 1. The zero-order chi connectivity index (χ0) is 20.8. The molecule has 2 heteroatoms. The number of H-pyrrole nitrogens is 1. The van der Waals surface area contributed by atoms with E-state index in [4.69, 9.17) is 0 Å². The third kappa shape index (κ3) is 16.4. The number of aromatic nitrogens is 2. The van der Waals surface area contributed by atoms with Gasteiger partial charge in [-0.1, -0.05) is 122 Å². The molecular formula is C27H51N2+. The number of aromatic amines is 1. The third-order valence-electron chi connectivity index (χ3n) is 6.16. The molecule has 0 fully saturated rings. The molecule has 0 saturated carbocycles. The van der Waals surface area contributed by atoms with Crippen LogP contribution >= 0.6 is 0 Å². The van der Waals surface area contributed by atoms with Crippen molar-refractivity contribution in [2.45, 2.75) is 142 Å². The molecule has 1 aromatic heterocycles. The monoisotopic (exact) mass is 403 g/mol. The molecule has 0 saturated heterocycles. The number of allylic oxidation sites excluding steroid dienone is 1. The van der Waals surface area contributed by atoms with Crippen LogP contribution in [0.4, 0.5) is 0 Å². The molecule has 29 heavy (non-hydrogen) atoms. The standard InChI is InChI=1S/C27H50N2/c1-3-4-5-6-7-8-9-10-11-12-13-14-15-16-17-18-19-20-21-22-23-25-29-26-24-28-27(29)2/h23-26H,3-22H2,1-2H3/p+1. The van der Waals surface area contributed by atoms with Gasteiger partial charge in [-0.05, 0) is 18.9 Å². The highest BCUT2D eigenvalue weighted by Crippen LogP contribution is 2.14. The lowest BCUT2D eigenvalue weighted by Crippen LogP contribution is -2.26. The fourth-order valence-electron chi connectivity index (χ4n) is 4.11. The van der Waals surface area contributed by atoms with E-state index in [0.717, 1.165) is 0 Å². The Balaban J connectivity index is 1.70. The summed E-state index contributed by atoms with van der Waals surface area (Å²) in [6.07, 6.45) is 37.2. The van der Waals surface area contributed by atoms with E-state index >= 15 is 0 Å². The lowest BCUT2D eigenvalue weighted by molar-refractivity contribution is -0.574. The average molecular weight is 404 g/mol. The van der Waals surface area contributed by atoms with Crippen LogP contribution in [0.1, 0.15) is 141 Å². The van der Waals surface area contributed by atoms with Crippen molar-refractivity contribution in [2.75, 3.05) is 0 Å². The van der Waals surface area contributed by atoms with Crippen LogP contribution < -0.4 is 4.57 Å². The highest BCUT2D eigenvalue weighted by molar-refractivity contribution is 5.06. The Labute approximate surface area is 182 Å². The van der Waals surface area contributed by atoms with Crippen LogP contribution in [0.15, 0.2) is 18.5 Å². The van der Waals surface area contributed by atoms with Crippen LogP contribution in [0.3, 0.4) is 0 Å². The second-order valence-corrected chi connectivity index (χ2v) is 8.99. The first-order chi connectivity index (χ1) is 14.3. The first kappa shape index (κ1) is 26.0. The minimum atomic E-state index is 1.19. The number of hydrogen-bond acceptors (Lipinski definition) is 0. The van der Waals surface area contributed by atoms with Gasteiger partial charge in [-0.25, -0.2) is 9.55 Å². The Morgan fingerprint density at radius 1 is 0.655 bits per heavy atom. The van der Waals surface area contributed by atoms with Crippen molar-refractivity contribution < 1.29 is 4.57 Å². The number of imidazole rings is 1. The summed E-state index contributed by atoms with van der Waals surface area (Å²) in [5, 5.41) is 0. The Morgan fingerprint density at radius 2 is 1.07 bits per heavy atom.